The molecule has 0 amide bonds. The van der Waals surface area contributed by atoms with Crippen LogP contribution in [0.25, 0.3) is 6.08 Å². The third-order valence-corrected chi connectivity index (χ3v) is 8.49. The minimum absolute atomic E-state index is 0.0654. The molecule has 0 spiro atoms. The summed E-state index contributed by atoms with van der Waals surface area (Å²) < 4.78 is 6.25. The van der Waals surface area contributed by atoms with E-state index >= 15 is 0 Å². The molecule has 1 unspecified atom stereocenters. The molecule has 0 saturated carbocycles. The molecule has 0 aliphatic carbocycles. The average Bonchev–Trinajstić information content (AvgIpc) is 3.05. The topological polar surface area (TPSA) is 58.9 Å². The second kappa shape index (κ2) is 19.0. The van der Waals surface area contributed by atoms with Gasteiger partial charge in [0.1, 0.15) is 5.75 Å². The van der Waals surface area contributed by atoms with E-state index in [-0.39, 0.29) is 18.1 Å². The SMILES string of the molecule is CCCCCCCCCCCCCCCCC=Cc1cccc2c1C(=O)C(OCc1ccc(O)cc1)C(c1ccccc1)=N2. The Morgan fingerprint density at radius 3 is 1.98 bits per heavy atom. The van der Waals surface area contributed by atoms with Crippen LogP contribution in [0, 0.1) is 0 Å². The van der Waals surface area contributed by atoms with E-state index in [4.69, 9.17) is 9.73 Å². The summed E-state index contributed by atoms with van der Waals surface area (Å²) in [6, 6.07) is 22.5. The number of fused-ring (bicyclic) bond motifs is 1. The van der Waals surface area contributed by atoms with Crippen molar-refractivity contribution in [3.8, 4) is 5.75 Å². The van der Waals surface area contributed by atoms with E-state index in [0.717, 1.165) is 23.1 Å². The van der Waals surface area contributed by atoms with Crippen molar-refractivity contribution in [2.75, 3.05) is 0 Å². The highest BCUT2D eigenvalue weighted by Crippen LogP contribution is 2.33. The number of ether oxygens (including phenoxy) is 1. The monoisotopic (exact) mass is 593 g/mol. The third kappa shape index (κ3) is 10.6. The van der Waals surface area contributed by atoms with E-state index in [1.807, 2.05) is 48.5 Å². The first-order chi connectivity index (χ1) is 21.7. The Morgan fingerprint density at radius 1 is 0.727 bits per heavy atom. The molecule has 1 heterocycles. The molecule has 44 heavy (non-hydrogen) atoms. The van der Waals surface area contributed by atoms with Crippen molar-refractivity contribution < 1.29 is 14.6 Å². The van der Waals surface area contributed by atoms with Gasteiger partial charge in [-0.15, -0.1) is 0 Å². The molecule has 4 rings (SSSR count). The number of hydrogen-bond donors (Lipinski definition) is 1. The predicted octanol–water partition coefficient (Wildman–Crippen LogP) is 11.2. The van der Waals surface area contributed by atoms with Crippen molar-refractivity contribution in [3.63, 3.8) is 0 Å². The number of ketones is 1. The highest BCUT2D eigenvalue weighted by molar-refractivity contribution is 6.26. The number of allylic oxidation sites excluding steroid dienone is 1. The largest absolute Gasteiger partial charge is 0.508 e. The van der Waals surface area contributed by atoms with Crippen molar-refractivity contribution in [2.45, 2.75) is 116 Å². The molecule has 1 N–H and O–H groups in total. The van der Waals surface area contributed by atoms with Crippen molar-refractivity contribution in [2.24, 2.45) is 4.99 Å². The first-order valence-corrected chi connectivity index (χ1v) is 17.0. The van der Waals surface area contributed by atoms with Gasteiger partial charge in [-0.25, -0.2) is 4.99 Å². The molecule has 4 nitrogen and oxygen atoms in total. The number of carbonyl (C=O) groups excluding carboxylic acids is 1. The summed E-state index contributed by atoms with van der Waals surface area (Å²) in [6.45, 7) is 2.52. The van der Waals surface area contributed by atoms with E-state index in [2.05, 4.69) is 19.1 Å². The number of unbranched alkanes of at least 4 members (excludes halogenated alkanes) is 14. The van der Waals surface area contributed by atoms with E-state index in [9.17, 15) is 9.90 Å². The maximum Gasteiger partial charge on any atom is 0.200 e. The van der Waals surface area contributed by atoms with Gasteiger partial charge in [-0.3, -0.25) is 4.79 Å². The summed E-state index contributed by atoms with van der Waals surface area (Å²) in [5, 5.41) is 9.64. The lowest BCUT2D eigenvalue weighted by Crippen LogP contribution is -2.36. The lowest BCUT2D eigenvalue weighted by molar-refractivity contribution is 0.0568. The Balaban J connectivity index is 1.26. The average molecular weight is 594 g/mol. The number of aromatic hydroxyl groups is 1. The van der Waals surface area contributed by atoms with Crippen LogP contribution in [0.15, 0.2) is 83.9 Å². The van der Waals surface area contributed by atoms with Gasteiger partial charge in [-0.1, -0.05) is 157 Å². The molecule has 3 aromatic rings. The van der Waals surface area contributed by atoms with Crippen LogP contribution < -0.4 is 0 Å². The smallest absolute Gasteiger partial charge is 0.200 e. The summed E-state index contributed by atoms with van der Waals surface area (Å²) >= 11 is 0. The maximum atomic E-state index is 14.0. The first kappa shape index (κ1) is 33.4. The van der Waals surface area contributed by atoms with Gasteiger partial charge in [0.25, 0.3) is 0 Å². The van der Waals surface area contributed by atoms with Crippen molar-refractivity contribution in [1.82, 2.24) is 0 Å². The normalized spacial score (nSPS) is 14.6. The van der Waals surface area contributed by atoms with Gasteiger partial charge in [0.05, 0.1) is 23.6 Å². The molecule has 0 fully saturated rings. The van der Waals surface area contributed by atoms with Crippen LogP contribution in [-0.2, 0) is 11.3 Å². The molecule has 4 heteroatoms. The molecule has 1 aliphatic rings. The fourth-order valence-electron chi connectivity index (χ4n) is 5.92. The quantitative estimate of drug-likeness (QED) is 0.133. The minimum Gasteiger partial charge on any atom is -0.508 e. The summed E-state index contributed by atoms with van der Waals surface area (Å²) in [5.74, 6) is 0.137. The molecular formula is C40H51NO3. The van der Waals surface area contributed by atoms with Gasteiger partial charge >= 0.3 is 0 Å². The molecule has 0 aromatic heterocycles. The summed E-state index contributed by atoms with van der Waals surface area (Å²) in [4.78, 5) is 18.9. The second-order valence-electron chi connectivity index (χ2n) is 12.1. The molecule has 0 radical (unpaired) electrons. The standard InChI is InChI=1S/C40H51NO3/c1-2-3-4-5-6-7-8-9-10-11-12-13-14-15-16-18-22-33-25-21-26-36-37(33)39(43)40(38(41-36)34-23-19-17-20-24-34)44-31-32-27-29-35(42)30-28-32/h17-30,40,42H,2-16,31H2,1H3. The third-order valence-electron chi connectivity index (χ3n) is 8.49. The van der Waals surface area contributed by atoms with Crippen molar-refractivity contribution >= 4 is 23.3 Å². The lowest BCUT2D eigenvalue weighted by atomic mass is 9.90. The number of hydrogen-bond acceptors (Lipinski definition) is 4. The number of phenols is 1. The highest BCUT2D eigenvalue weighted by Gasteiger charge is 2.34. The lowest BCUT2D eigenvalue weighted by Gasteiger charge is -2.25. The fraction of sp³-hybridized carbons (Fsp3) is 0.450. The Bertz CT molecular complexity index is 1330. The number of nitrogens with zero attached hydrogens (tertiary/aromatic N) is 1. The number of Topliss-reactive ketones (excluding diaryl/α,β-unsaturated/α-hetero) is 1. The van der Waals surface area contributed by atoms with Gasteiger partial charge in [0.15, 0.2) is 6.10 Å². The highest BCUT2D eigenvalue weighted by atomic mass is 16.5. The second-order valence-corrected chi connectivity index (χ2v) is 12.1. The van der Waals surface area contributed by atoms with E-state index in [1.165, 1.54) is 89.9 Å². The van der Waals surface area contributed by atoms with Gasteiger partial charge < -0.3 is 9.84 Å². The molecule has 0 saturated heterocycles. The van der Waals surface area contributed by atoms with E-state index in [0.29, 0.717) is 17.0 Å². The van der Waals surface area contributed by atoms with Crippen molar-refractivity contribution in [3.05, 3.63) is 101 Å². The van der Waals surface area contributed by atoms with Crippen LogP contribution in [-0.4, -0.2) is 22.7 Å². The number of benzene rings is 3. The Labute approximate surface area is 265 Å². The zero-order chi connectivity index (χ0) is 30.8. The van der Waals surface area contributed by atoms with Crippen LogP contribution >= 0.6 is 0 Å². The molecule has 0 bridgehead atoms. The number of rotatable bonds is 20. The number of carbonyl (C=O) groups is 1. The van der Waals surface area contributed by atoms with Crippen LogP contribution in [0.5, 0.6) is 5.75 Å². The van der Waals surface area contributed by atoms with Gasteiger partial charge in [0.2, 0.25) is 5.78 Å². The first-order valence-electron chi connectivity index (χ1n) is 17.0. The Hall–Kier alpha value is -3.50. The van der Waals surface area contributed by atoms with Gasteiger partial charge in [0, 0.05) is 0 Å². The Kier molecular flexibility index (Phi) is 14.4. The van der Waals surface area contributed by atoms with Crippen molar-refractivity contribution in [1.29, 1.82) is 0 Å². The molecule has 3 aromatic carbocycles. The zero-order valence-electron chi connectivity index (χ0n) is 26.7. The van der Waals surface area contributed by atoms with E-state index < -0.39 is 6.10 Å². The molecule has 234 valence electrons. The van der Waals surface area contributed by atoms with Gasteiger partial charge in [-0.05, 0) is 47.7 Å². The summed E-state index contributed by atoms with van der Waals surface area (Å²) in [6.07, 6.45) is 23.5. The number of phenolic OH excluding ortho intramolecular Hbond substituents is 1. The van der Waals surface area contributed by atoms with Crippen LogP contribution in [0.2, 0.25) is 0 Å². The Morgan fingerprint density at radius 2 is 1.34 bits per heavy atom. The zero-order valence-corrected chi connectivity index (χ0v) is 26.7. The van der Waals surface area contributed by atoms with Crippen LogP contribution in [0.1, 0.15) is 130 Å². The number of aliphatic imine (C=N–C) groups is 1. The van der Waals surface area contributed by atoms with Crippen LogP contribution in [0.3, 0.4) is 0 Å². The molecule has 1 aliphatic heterocycles. The molecule has 1 atom stereocenters. The maximum absolute atomic E-state index is 14.0. The molecular weight excluding hydrogens is 542 g/mol. The van der Waals surface area contributed by atoms with E-state index in [1.54, 1.807) is 24.3 Å². The predicted molar refractivity (Wildman–Crippen MR) is 184 cm³/mol. The summed E-state index contributed by atoms with van der Waals surface area (Å²) in [5.41, 5.74) is 4.60. The van der Waals surface area contributed by atoms with Gasteiger partial charge in [-0.2, -0.15) is 0 Å². The fourth-order valence-corrected chi connectivity index (χ4v) is 5.92. The van der Waals surface area contributed by atoms with Crippen LogP contribution in [0.4, 0.5) is 5.69 Å². The summed E-state index contributed by atoms with van der Waals surface area (Å²) in [7, 11) is 0. The minimum atomic E-state index is -0.806.